The zero-order valence-corrected chi connectivity index (χ0v) is 12.4. The molecule has 0 spiro atoms. The van der Waals surface area contributed by atoms with E-state index in [-0.39, 0.29) is 18.5 Å². The normalized spacial score (nSPS) is 12.8. The number of rotatable bonds is 6. The number of aliphatic carboxylic acids is 1. The first-order chi connectivity index (χ1) is 10.1. The minimum absolute atomic E-state index is 0.0121. The number of carbonyl (C=O) groups excluding carboxylic acids is 1. The van der Waals surface area contributed by atoms with Crippen LogP contribution in [0.3, 0.4) is 0 Å². The first-order valence-corrected chi connectivity index (χ1v) is 6.74. The fourth-order valence-electron chi connectivity index (χ4n) is 2.00. The molecule has 0 saturated heterocycles. The summed E-state index contributed by atoms with van der Waals surface area (Å²) in [5.41, 5.74) is 0.478. The van der Waals surface area contributed by atoms with E-state index in [1.54, 1.807) is 12.1 Å². The third-order valence-corrected chi connectivity index (χ3v) is 3.24. The second-order valence-corrected chi connectivity index (χ2v) is 5.20. The molecule has 1 atom stereocenters. The summed E-state index contributed by atoms with van der Waals surface area (Å²) < 4.78 is 37.0. The third kappa shape index (κ3) is 5.38. The molecular formula is C15H18F3NO3. The smallest absolute Gasteiger partial charge is 0.389 e. The van der Waals surface area contributed by atoms with Crippen molar-refractivity contribution in [1.29, 1.82) is 0 Å². The average Bonchev–Trinajstić information content (AvgIpc) is 2.43. The van der Waals surface area contributed by atoms with E-state index in [4.69, 9.17) is 5.11 Å². The number of benzene rings is 1. The van der Waals surface area contributed by atoms with Crippen LogP contribution in [0.15, 0.2) is 24.3 Å². The molecule has 0 aliphatic carbocycles. The molecule has 0 fully saturated rings. The second kappa shape index (κ2) is 7.29. The highest BCUT2D eigenvalue weighted by Crippen LogP contribution is 2.24. The van der Waals surface area contributed by atoms with Gasteiger partial charge >= 0.3 is 12.1 Å². The summed E-state index contributed by atoms with van der Waals surface area (Å²) in [6, 6.07) is 6.07. The van der Waals surface area contributed by atoms with Crippen molar-refractivity contribution in [3.05, 3.63) is 35.4 Å². The second-order valence-electron chi connectivity index (χ2n) is 5.20. The van der Waals surface area contributed by atoms with Crippen LogP contribution in [0.4, 0.5) is 13.2 Å². The van der Waals surface area contributed by atoms with Crippen LogP contribution in [-0.2, 0) is 11.2 Å². The number of aryl methyl sites for hydroxylation is 1. The number of alkyl halides is 3. The number of carboxylic acids is 1. The van der Waals surface area contributed by atoms with Gasteiger partial charge in [-0.2, -0.15) is 13.2 Å². The van der Waals surface area contributed by atoms with Crippen LogP contribution in [-0.4, -0.2) is 41.7 Å². The van der Waals surface area contributed by atoms with Crippen molar-refractivity contribution < 1.29 is 27.9 Å². The van der Waals surface area contributed by atoms with Crippen LogP contribution in [0.25, 0.3) is 0 Å². The van der Waals surface area contributed by atoms with Crippen LogP contribution in [0.1, 0.15) is 29.3 Å². The number of amides is 1. The Balaban J connectivity index is 2.87. The first kappa shape index (κ1) is 18.0. The Morgan fingerprint density at radius 1 is 1.27 bits per heavy atom. The molecule has 0 heterocycles. The van der Waals surface area contributed by atoms with Crippen LogP contribution >= 0.6 is 0 Å². The van der Waals surface area contributed by atoms with Gasteiger partial charge in [-0.05, 0) is 18.1 Å². The highest BCUT2D eigenvalue weighted by molar-refractivity contribution is 5.95. The number of nitrogens with zero attached hydrogens (tertiary/aromatic N) is 1. The van der Waals surface area contributed by atoms with Crippen molar-refractivity contribution in [2.45, 2.75) is 25.9 Å². The van der Waals surface area contributed by atoms with E-state index in [2.05, 4.69) is 0 Å². The minimum Gasteiger partial charge on any atom is -0.481 e. The van der Waals surface area contributed by atoms with E-state index in [0.29, 0.717) is 5.56 Å². The minimum atomic E-state index is -4.29. The summed E-state index contributed by atoms with van der Waals surface area (Å²) in [6.45, 7) is 1.45. The summed E-state index contributed by atoms with van der Waals surface area (Å²) >= 11 is 0. The van der Waals surface area contributed by atoms with Crippen LogP contribution < -0.4 is 0 Å². The Hall–Kier alpha value is -2.05. The lowest BCUT2D eigenvalue weighted by molar-refractivity contribution is -0.141. The van der Waals surface area contributed by atoms with Crippen molar-refractivity contribution in [2.75, 3.05) is 13.6 Å². The summed E-state index contributed by atoms with van der Waals surface area (Å²) in [6.07, 6.45) is -5.58. The molecule has 0 radical (unpaired) electrons. The lowest BCUT2D eigenvalue weighted by Crippen LogP contribution is -2.34. The molecule has 1 amide bonds. The van der Waals surface area contributed by atoms with Gasteiger partial charge in [0.25, 0.3) is 5.91 Å². The van der Waals surface area contributed by atoms with E-state index in [1.165, 1.54) is 31.0 Å². The van der Waals surface area contributed by atoms with Gasteiger partial charge in [0.15, 0.2) is 0 Å². The van der Waals surface area contributed by atoms with Gasteiger partial charge in [0.2, 0.25) is 0 Å². The molecule has 4 nitrogen and oxygen atoms in total. The van der Waals surface area contributed by atoms with Crippen molar-refractivity contribution in [3.8, 4) is 0 Å². The van der Waals surface area contributed by atoms with Crippen LogP contribution in [0.2, 0.25) is 0 Å². The van der Waals surface area contributed by atoms with Crippen molar-refractivity contribution in [2.24, 2.45) is 5.92 Å². The van der Waals surface area contributed by atoms with E-state index in [9.17, 15) is 22.8 Å². The molecule has 1 N–H and O–H groups in total. The monoisotopic (exact) mass is 317 g/mol. The van der Waals surface area contributed by atoms with E-state index >= 15 is 0 Å². The number of halogens is 3. The first-order valence-electron chi connectivity index (χ1n) is 6.74. The number of carboxylic acid groups (broad SMARTS) is 1. The Morgan fingerprint density at radius 2 is 1.86 bits per heavy atom. The zero-order chi connectivity index (χ0) is 16.9. The predicted octanol–water partition coefficient (Wildman–Crippen LogP) is 2.97. The fraction of sp³-hybridized carbons (Fsp3) is 0.467. The zero-order valence-electron chi connectivity index (χ0n) is 12.4. The Morgan fingerprint density at radius 3 is 2.41 bits per heavy atom. The summed E-state index contributed by atoms with van der Waals surface area (Å²) in [5.74, 6) is -2.27. The maximum atomic E-state index is 12.3. The molecular weight excluding hydrogens is 299 g/mol. The molecule has 122 valence electrons. The van der Waals surface area contributed by atoms with E-state index in [1.807, 2.05) is 0 Å². The SMILES string of the molecule is CC(CN(C)C(=O)c1ccccc1CCC(F)(F)F)C(=O)O. The van der Waals surface area contributed by atoms with Gasteiger partial charge in [-0.3, -0.25) is 9.59 Å². The number of carbonyl (C=O) groups is 2. The maximum Gasteiger partial charge on any atom is 0.389 e. The standard InChI is InChI=1S/C15H18F3NO3/c1-10(14(21)22)9-19(2)13(20)12-6-4-3-5-11(12)7-8-15(16,17)18/h3-6,10H,7-9H2,1-2H3,(H,21,22). The molecule has 1 rings (SSSR count). The molecule has 0 aromatic heterocycles. The topological polar surface area (TPSA) is 57.6 Å². The molecule has 0 aliphatic heterocycles. The molecule has 1 aromatic rings. The number of hydrogen-bond acceptors (Lipinski definition) is 2. The van der Waals surface area contributed by atoms with Gasteiger partial charge in [-0.25, -0.2) is 0 Å². The molecule has 1 aromatic carbocycles. The van der Waals surface area contributed by atoms with Crippen molar-refractivity contribution in [3.63, 3.8) is 0 Å². The Bertz CT molecular complexity index is 543. The maximum absolute atomic E-state index is 12.3. The Kier molecular flexibility index (Phi) is 5.96. The fourth-order valence-corrected chi connectivity index (χ4v) is 2.00. The summed E-state index contributed by atoms with van der Waals surface area (Å²) in [4.78, 5) is 24.3. The quantitative estimate of drug-likeness (QED) is 0.877. The molecule has 22 heavy (non-hydrogen) atoms. The largest absolute Gasteiger partial charge is 0.481 e. The summed E-state index contributed by atoms with van der Waals surface area (Å²) in [5, 5.41) is 8.85. The molecule has 0 aliphatic rings. The van der Waals surface area contributed by atoms with E-state index < -0.39 is 30.4 Å². The van der Waals surface area contributed by atoms with Gasteiger partial charge in [0.1, 0.15) is 0 Å². The Labute approximate surface area is 126 Å². The van der Waals surface area contributed by atoms with Crippen LogP contribution in [0, 0.1) is 5.92 Å². The lowest BCUT2D eigenvalue weighted by atomic mass is 10.0. The molecule has 0 saturated carbocycles. The van der Waals surface area contributed by atoms with E-state index in [0.717, 1.165) is 0 Å². The van der Waals surface area contributed by atoms with Gasteiger partial charge in [0.05, 0.1) is 5.92 Å². The summed E-state index contributed by atoms with van der Waals surface area (Å²) in [7, 11) is 1.43. The van der Waals surface area contributed by atoms with Crippen molar-refractivity contribution >= 4 is 11.9 Å². The highest BCUT2D eigenvalue weighted by atomic mass is 19.4. The van der Waals surface area contributed by atoms with Gasteiger partial charge in [-0.1, -0.05) is 25.1 Å². The lowest BCUT2D eigenvalue weighted by Gasteiger charge is -2.21. The van der Waals surface area contributed by atoms with Crippen LogP contribution in [0.5, 0.6) is 0 Å². The van der Waals surface area contributed by atoms with Crippen molar-refractivity contribution in [1.82, 2.24) is 4.90 Å². The molecule has 7 heteroatoms. The van der Waals surface area contributed by atoms with Gasteiger partial charge in [0, 0.05) is 25.6 Å². The number of hydrogen-bond donors (Lipinski definition) is 1. The predicted molar refractivity (Wildman–Crippen MR) is 74.6 cm³/mol. The highest BCUT2D eigenvalue weighted by Gasteiger charge is 2.28. The van der Waals surface area contributed by atoms with Gasteiger partial charge in [-0.15, -0.1) is 0 Å². The average molecular weight is 317 g/mol. The third-order valence-electron chi connectivity index (χ3n) is 3.24. The van der Waals surface area contributed by atoms with Gasteiger partial charge < -0.3 is 10.0 Å². The molecule has 1 unspecified atom stereocenters. The molecule has 0 bridgehead atoms.